The Kier molecular flexibility index (Phi) is 5.38. The van der Waals surface area contributed by atoms with E-state index in [2.05, 4.69) is 22.8 Å². The van der Waals surface area contributed by atoms with Crippen molar-refractivity contribution in [1.82, 2.24) is 19.3 Å². The Hall–Kier alpha value is -0.680. The van der Waals surface area contributed by atoms with Gasteiger partial charge in [0.2, 0.25) is 0 Å². The molecule has 2 aromatic heterocycles. The number of alkyl halides is 1. The smallest absolute Gasteiger partial charge is 0.158 e. The summed E-state index contributed by atoms with van der Waals surface area (Å²) in [6.45, 7) is 5.06. The fourth-order valence-electron chi connectivity index (χ4n) is 2.54. The normalized spacial score (nSPS) is 13.2. The molecule has 2 heterocycles. The van der Waals surface area contributed by atoms with Crippen molar-refractivity contribution in [2.24, 2.45) is 7.05 Å². The van der Waals surface area contributed by atoms with Crippen molar-refractivity contribution < 1.29 is 0 Å². The number of hydrogen-bond acceptors (Lipinski definition) is 3. The zero-order valence-electron chi connectivity index (χ0n) is 12.7. The third-order valence-electron chi connectivity index (χ3n) is 3.49. The average molecular weight is 315 g/mol. The van der Waals surface area contributed by atoms with Gasteiger partial charge in [0.1, 0.15) is 11.3 Å². The number of aryl methyl sites for hydroxylation is 3. The summed E-state index contributed by atoms with van der Waals surface area (Å²) in [7, 11) is 1.99. The van der Waals surface area contributed by atoms with E-state index in [0.29, 0.717) is 0 Å². The van der Waals surface area contributed by atoms with Crippen LogP contribution in [0.5, 0.6) is 0 Å². The molecule has 20 heavy (non-hydrogen) atoms. The first-order chi connectivity index (χ1) is 9.60. The fourth-order valence-corrected chi connectivity index (χ4v) is 3.20. The fraction of sp³-hybridized carbons (Fsp3) is 0.714. The number of hydrogen-bond donors (Lipinski definition) is 0. The lowest BCUT2D eigenvalue weighted by Crippen LogP contribution is -2.08. The third-order valence-corrected chi connectivity index (χ3v) is 4.38. The van der Waals surface area contributed by atoms with Gasteiger partial charge < -0.3 is 4.57 Å². The van der Waals surface area contributed by atoms with Gasteiger partial charge in [0.15, 0.2) is 5.65 Å². The zero-order valence-corrected chi connectivity index (χ0v) is 14.3. The van der Waals surface area contributed by atoms with Crippen LogP contribution in [0.15, 0.2) is 0 Å². The summed E-state index contributed by atoms with van der Waals surface area (Å²) >= 11 is 8.20. The predicted molar refractivity (Wildman–Crippen MR) is 87.8 cm³/mol. The number of unbranched alkanes of at least 4 members (excludes halogenated alkanes) is 1. The van der Waals surface area contributed by atoms with Crippen molar-refractivity contribution in [3.63, 3.8) is 0 Å². The van der Waals surface area contributed by atoms with Gasteiger partial charge in [0.25, 0.3) is 0 Å². The maximum atomic E-state index is 6.31. The maximum absolute atomic E-state index is 6.31. The second kappa shape index (κ2) is 6.85. The van der Waals surface area contributed by atoms with Crippen LogP contribution in [0.2, 0.25) is 0 Å². The highest BCUT2D eigenvalue weighted by atomic mass is 35.5. The van der Waals surface area contributed by atoms with Crippen LogP contribution in [0.4, 0.5) is 0 Å². The topological polar surface area (TPSA) is 35.6 Å². The number of thioether (sulfide) groups is 1. The Morgan fingerprint density at radius 1 is 1.35 bits per heavy atom. The molecule has 0 aromatic carbocycles. The van der Waals surface area contributed by atoms with Gasteiger partial charge in [-0.05, 0) is 38.2 Å². The molecule has 0 saturated heterocycles. The van der Waals surface area contributed by atoms with Crippen molar-refractivity contribution in [1.29, 1.82) is 0 Å². The number of imidazole rings is 1. The van der Waals surface area contributed by atoms with Gasteiger partial charge in [0, 0.05) is 13.6 Å². The van der Waals surface area contributed by atoms with Gasteiger partial charge in [-0.1, -0.05) is 6.92 Å². The Balaban J connectivity index is 2.37. The van der Waals surface area contributed by atoms with Crippen LogP contribution >= 0.6 is 23.4 Å². The van der Waals surface area contributed by atoms with Crippen molar-refractivity contribution in [3.8, 4) is 0 Å². The maximum Gasteiger partial charge on any atom is 0.158 e. The quantitative estimate of drug-likeness (QED) is 0.576. The highest BCUT2D eigenvalue weighted by Gasteiger charge is 2.20. The molecule has 0 aliphatic rings. The van der Waals surface area contributed by atoms with Crippen LogP contribution in [-0.4, -0.2) is 31.3 Å². The lowest BCUT2D eigenvalue weighted by Gasteiger charge is -2.10. The highest BCUT2D eigenvalue weighted by Crippen LogP contribution is 2.27. The minimum Gasteiger partial charge on any atom is -0.312 e. The molecule has 0 saturated carbocycles. The van der Waals surface area contributed by atoms with E-state index in [1.165, 1.54) is 12.2 Å². The Morgan fingerprint density at radius 3 is 2.70 bits per heavy atom. The first kappa shape index (κ1) is 15.7. The molecule has 0 radical (unpaired) electrons. The average Bonchev–Trinajstić information content (AvgIpc) is 2.93. The molecule has 2 aromatic rings. The third kappa shape index (κ3) is 2.98. The van der Waals surface area contributed by atoms with Gasteiger partial charge in [-0.15, -0.1) is 11.6 Å². The SMILES string of the molecule is CCc1nn(C)c2c1nc(C(C)Cl)n2CCCCSC. The lowest BCUT2D eigenvalue weighted by atomic mass is 10.3. The number of aromatic nitrogens is 4. The van der Waals surface area contributed by atoms with E-state index in [1.807, 2.05) is 30.4 Å². The second-order valence-electron chi connectivity index (χ2n) is 5.03. The summed E-state index contributed by atoms with van der Waals surface area (Å²) in [6, 6.07) is 0. The summed E-state index contributed by atoms with van der Waals surface area (Å²) in [5.74, 6) is 2.17. The molecule has 6 heteroatoms. The van der Waals surface area contributed by atoms with Gasteiger partial charge in [-0.2, -0.15) is 16.9 Å². The number of nitrogens with zero attached hydrogens (tertiary/aromatic N) is 4. The molecule has 4 nitrogen and oxygen atoms in total. The molecule has 1 unspecified atom stereocenters. The van der Waals surface area contributed by atoms with Crippen LogP contribution in [0.3, 0.4) is 0 Å². The lowest BCUT2D eigenvalue weighted by molar-refractivity contribution is 0.598. The van der Waals surface area contributed by atoms with Crippen LogP contribution in [0.1, 0.15) is 43.6 Å². The standard InChI is InChI=1S/C14H23ClN4S/c1-5-11-12-14(18(3)17-11)19(8-6-7-9-20-4)13(16-12)10(2)15/h10H,5-9H2,1-4H3. The van der Waals surface area contributed by atoms with Crippen LogP contribution in [0, 0.1) is 0 Å². The van der Waals surface area contributed by atoms with E-state index in [1.54, 1.807) is 0 Å². The van der Waals surface area contributed by atoms with Gasteiger partial charge >= 0.3 is 0 Å². The molecule has 0 aliphatic heterocycles. The molecule has 0 N–H and O–H groups in total. The van der Waals surface area contributed by atoms with E-state index >= 15 is 0 Å². The van der Waals surface area contributed by atoms with E-state index in [0.717, 1.165) is 42.1 Å². The minimum atomic E-state index is -0.0762. The van der Waals surface area contributed by atoms with E-state index in [4.69, 9.17) is 16.6 Å². The highest BCUT2D eigenvalue weighted by molar-refractivity contribution is 7.98. The Labute approximate surface area is 129 Å². The van der Waals surface area contributed by atoms with E-state index in [-0.39, 0.29) is 5.38 Å². The predicted octanol–water partition coefficient (Wildman–Crippen LogP) is 3.78. The van der Waals surface area contributed by atoms with Crippen molar-refractivity contribution in [2.45, 2.75) is 45.0 Å². The largest absolute Gasteiger partial charge is 0.312 e. The molecule has 1 atom stereocenters. The second-order valence-corrected chi connectivity index (χ2v) is 6.67. The van der Waals surface area contributed by atoms with Gasteiger partial charge in [-0.3, -0.25) is 4.68 Å². The number of halogens is 1. The minimum absolute atomic E-state index is 0.0762. The number of fused-ring (bicyclic) bond motifs is 1. The molecule has 0 amide bonds. The molecular weight excluding hydrogens is 292 g/mol. The molecule has 112 valence electrons. The summed E-state index contributed by atoms with van der Waals surface area (Å²) < 4.78 is 4.19. The van der Waals surface area contributed by atoms with Crippen molar-refractivity contribution in [3.05, 3.63) is 11.5 Å². The van der Waals surface area contributed by atoms with Crippen LogP contribution in [0.25, 0.3) is 11.2 Å². The van der Waals surface area contributed by atoms with E-state index < -0.39 is 0 Å². The van der Waals surface area contributed by atoms with Crippen LogP contribution in [-0.2, 0) is 20.0 Å². The summed E-state index contributed by atoms with van der Waals surface area (Å²) in [5.41, 5.74) is 3.18. The van der Waals surface area contributed by atoms with E-state index in [9.17, 15) is 0 Å². The molecular formula is C14H23ClN4S. The Morgan fingerprint density at radius 2 is 2.10 bits per heavy atom. The van der Waals surface area contributed by atoms with Crippen molar-refractivity contribution >= 4 is 34.5 Å². The monoisotopic (exact) mass is 314 g/mol. The number of rotatable bonds is 7. The summed E-state index contributed by atoms with van der Waals surface area (Å²) in [6.07, 6.45) is 5.41. The van der Waals surface area contributed by atoms with Gasteiger partial charge in [0.05, 0.1) is 11.1 Å². The summed E-state index contributed by atoms with van der Waals surface area (Å²) in [4.78, 5) is 4.75. The zero-order chi connectivity index (χ0) is 14.7. The van der Waals surface area contributed by atoms with Gasteiger partial charge in [-0.25, -0.2) is 4.98 Å². The van der Waals surface area contributed by atoms with Crippen LogP contribution < -0.4 is 0 Å². The summed E-state index contributed by atoms with van der Waals surface area (Å²) in [5, 5.41) is 4.48. The molecule has 2 rings (SSSR count). The molecule has 0 fully saturated rings. The van der Waals surface area contributed by atoms with Crippen molar-refractivity contribution in [2.75, 3.05) is 12.0 Å². The molecule has 0 aliphatic carbocycles. The molecule has 0 spiro atoms. The Bertz CT molecular complexity index is 573. The first-order valence-corrected chi connectivity index (χ1v) is 8.98. The first-order valence-electron chi connectivity index (χ1n) is 7.15. The molecule has 0 bridgehead atoms.